The molecule has 0 aliphatic rings. The molecule has 0 fully saturated rings. The summed E-state index contributed by atoms with van der Waals surface area (Å²) >= 11 is 0. The SMILES string of the molecule is Cc1cc(C)cc(C(=O)Nc2cnc(-n3nc(C)cc3C)nc2)c1. The minimum absolute atomic E-state index is 0.177. The van der Waals surface area contributed by atoms with Crippen LogP contribution >= 0.6 is 0 Å². The summed E-state index contributed by atoms with van der Waals surface area (Å²) < 4.78 is 1.67. The first-order chi connectivity index (χ1) is 11.4. The molecule has 6 heteroatoms. The zero-order chi connectivity index (χ0) is 17.3. The Labute approximate surface area is 140 Å². The van der Waals surface area contributed by atoms with E-state index < -0.39 is 0 Å². The summed E-state index contributed by atoms with van der Waals surface area (Å²) in [4.78, 5) is 20.9. The highest BCUT2D eigenvalue weighted by atomic mass is 16.1. The molecule has 122 valence electrons. The molecular weight excluding hydrogens is 302 g/mol. The lowest BCUT2D eigenvalue weighted by Gasteiger charge is -2.07. The molecule has 3 rings (SSSR count). The minimum Gasteiger partial charge on any atom is -0.319 e. The van der Waals surface area contributed by atoms with Crippen LogP contribution in [0.5, 0.6) is 0 Å². The van der Waals surface area contributed by atoms with Crippen molar-refractivity contribution < 1.29 is 4.79 Å². The number of hydrogen-bond acceptors (Lipinski definition) is 4. The summed E-state index contributed by atoms with van der Waals surface area (Å²) in [6.45, 7) is 7.80. The van der Waals surface area contributed by atoms with E-state index in [9.17, 15) is 4.79 Å². The van der Waals surface area contributed by atoms with Crippen LogP contribution in [0.25, 0.3) is 5.95 Å². The Bertz CT molecular complexity index is 876. The van der Waals surface area contributed by atoms with Crippen molar-refractivity contribution in [3.8, 4) is 5.95 Å². The van der Waals surface area contributed by atoms with Crippen molar-refractivity contribution >= 4 is 11.6 Å². The zero-order valence-corrected chi connectivity index (χ0v) is 14.2. The molecule has 0 saturated heterocycles. The normalized spacial score (nSPS) is 10.7. The molecule has 1 N–H and O–H groups in total. The maximum absolute atomic E-state index is 12.3. The van der Waals surface area contributed by atoms with Crippen LogP contribution in [0.1, 0.15) is 32.9 Å². The molecule has 0 atom stereocenters. The van der Waals surface area contributed by atoms with Gasteiger partial charge in [-0.2, -0.15) is 5.10 Å². The summed E-state index contributed by atoms with van der Waals surface area (Å²) in [5, 5.41) is 7.16. The molecule has 0 bridgehead atoms. The van der Waals surface area contributed by atoms with Crippen LogP contribution in [0.3, 0.4) is 0 Å². The average molecular weight is 321 g/mol. The second-order valence-electron chi connectivity index (χ2n) is 5.94. The predicted octanol–water partition coefficient (Wildman–Crippen LogP) is 3.15. The Kier molecular flexibility index (Phi) is 4.12. The molecule has 0 saturated carbocycles. The Morgan fingerprint density at radius 1 is 0.958 bits per heavy atom. The van der Waals surface area contributed by atoms with Gasteiger partial charge in [-0.25, -0.2) is 14.6 Å². The monoisotopic (exact) mass is 321 g/mol. The lowest BCUT2D eigenvalue weighted by atomic mass is 10.1. The molecule has 3 aromatic rings. The number of aromatic nitrogens is 4. The number of aryl methyl sites for hydroxylation is 4. The van der Waals surface area contributed by atoms with E-state index in [1.165, 1.54) is 0 Å². The zero-order valence-electron chi connectivity index (χ0n) is 14.2. The number of carbonyl (C=O) groups excluding carboxylic acids is 1. The Balaban J connectivity index is 1.79. The van der Waals surface area contributed by atoms with E-state index in [1.54, 1.807) is 17.1 Å². The van der Waals surface area contributed by atoms with Crippen molar-refractivity contribution in [2.75, 3.05) is 5.32 Å². The van der Waals surface area contributed by atoms with Gasteiger partial charge in [0.25, 0.3) is 11.9 Å². The first-order valence-electron chi connectivity index (χ1n) is 7.68. The molecule has 0 aliphatic carbocycles. The van der Waals surface area contributed by atoms with Crippen LogP contribution in [0, 0.1) is 27.7 Å². The van der Waals surface area contributed by atoms with Gasteiger partial charge in [0.2, 0.25) is 0 Å². The molecule has 6 nitrogen and oxygen atoms in total. The second-order valence-corrected chi connectivity index (χ2v) is 5.94. The van der Waals surface area contributed by atoms with Gasteiger partial charge in [0.1, 0.15) is 0 Å². The summed E-state index contributed by atoms with van der Waals surface area (Å²) in [7, 11) is 0. The minimum atomic E-state index is -0.177. The van der Waals surface area contributed by atoms with Gasteiger partial charge < -0.3 is 5.32 Å². The van der Waals surface area contributed by atoms with Crippen LogP contribution in [0.15, 0.2) is 36.7 Å². The Hall–Kier alpha value is -3.02. The van der Waals surface area contributed by atoms with Gasteiger partial charge in [-0.3, -0.25) is 4.79 Å². The lowest BCUT2D eigenvalue weighted by Crippen LogP contribution is -2.13. The number of nitrogens with one attached hydrogen (secondary N) is 1. The van der Waals surface area contributed by atoms with Crippen LogP contribution in [-0.4, -0.2) is 25.7 Å². The van der Waals surface area contributed by atoms with Crippen molar-refractivity contribution in [2.24, 2.45) is 0 Å². The van der Waals surface area contributed by atoms with E-state index in [0.717, 1.165) is 22.5 Å². The van der Waals surface area contributed by atoms with Crippen molar-refractivity contribution in [2.45, 2.75) is 27.7 Å². The number of amides is 1. The van der Waals surface area contributed by atoms with Crippen molar-refractivity contribution in [1.82, 2.24) is 19.7 Å². The summed E-state index contributed by atoms with van der Waals surface area (Å²) in [6.07, 6.45) is 3.17. The molecule has 0 aliphatic heterocycles. The highest BCUT2D eigenvalue weighted by Gasteiger charge is 2.10. The summed E-state index contributed by atoms with van der Waals surface area (Å²) in [6, 6.07) is 7.70. The van der Waals surface area contributed by atoms with Gasteiger partial charge in [0.05, 0.1) is 23.8 Å². The number of nitrogens with zero attached hydrogens (tertiary/aromatic N) is 4. The second kappa shape index (κ2) is 6.23. The van der Waals surface area contributed by atoms with E-state index in [4.69, 9.17) is 0 Å². The highest BCUT2D eigenvalue weighted by molar-refractivity contribution is 6.04. The smallest absolute Gasteiger partial charge is 0.255 e. The standard InChI is InChI=1S/C18H19N5O/c1-11-5-12(2)7-15(6-11)17(24)21-16-9-19-18(20-10-16)23-14(4)8-13(3)22-23/h5-10H,1-4H3,(H,21,24). The third-order valence-electron chi connectivity index (χ3n) is 3.58. The number of rotatable bonds is 3. The molecule has 0 unspecified atom stereocenters. The number of carbonyl (C=O) groups is 1. The maximum Gasteiger partial charge on any atom is 0.255 e. The van der Waals surface area contributed by atoms with Gasteiger partial charge in [-0.05, 0) is 45.9 Å². The Morgan fingerprint density at radius 3 is 2.12 bits per heavy atom. The maximum atomic E-state index is 12.3. The van der Waals surface area contributed by atoms with Crippen molar-refractivity contribution in [1.29, 1.82) is 0 Å². The molecule has 1 aromatic carbocycles. The number of benzene rings is 1. The van der Waals surface area contributed by atoms with Crippen LogP contribution in [0.4, 0.5) is 5.69 Å². The van der Waals surface area contributed by atoms with E-state index in [-0.39, 0.29) is 5.91 Å². The van der Waals surface area contributed by atoms with Gasteiger partial charge in [-0.15, -0.1) is 0 Å². The topological polar surface area (TPSA) is 72.7 Å². The van der Waals surface area contributed by atoms with Crippen LogP contribution in [-0.2, 0) is 0 Å². The quantitative estimate of drug-likeness (QED) is 0.804. The number of anilines is 1. The van der Waals surface area contributed by atoms with Gasteiger partial charge >= 0.3 is 0 Å². The lowest BCUT2D eigenvalue weighted by molar-refractivity contribution is 0.102. The summed E-state index contributed by atoms with van der Waals surface area (Å²) in [5.74, 6) is 0.300. The first kappa shape index (κ1) is 15.9. The molecule has 1 amide bonds. The highest BCUT2D eigenvalue weighted by Crippen LogP contribution is 2.13. The van der Waals surface area contributed by atoms with Crippen LogP contribution in [0.2, 0.25) is 0 Å². The molecule has 2 aromatic heterocycles. The largest absolute Gasteiger partial charge is 0.319 e. The fourth-order valence-electron chi connectivity index (χ4n) is 2.64. The fourth-order valence-corrected chi connectivity index (χ4v) is 2.64. The molecular formula is C18H19N5O. The average Bonchev–Trinajstić information content (AvgIpc) is 2.85. The molecule has 2 heterocycles. The number of hydrogen-bond donors (Lipinski definition) is 1. The van der Waals surface area contributed by atoms with E-state index >= 15 is 0 Å². The first-order valence-corrected chi connectivity index (χ1v) is 7.68. The van der Waals surface area contributed by atoms with Crippen LogP contribution < -0.4 is 5.32 Å². The molecule has 24 heavy (non-hydrogen) atoms. The molecule has 0 radical (unpaired) electrons. The van der Waals surface area contributed by atoms with E-state index in [1.807, 2.05) is 52.0 Å². The van der Waals surface area contributed by atoms with Gasteiger partial charge in [0, 0.05) is 11.3 Å². The van der Waals surface area contributed by atoms with Crippen molar-refractivity contribution in [3.05, 3.63) is 64.7 Å². The fraction of sp³-hybridized carbons (Fsp3) is 0.222. The van der Waals surface area contributed by atoms with Crippen molar-refractivity contribution in [3.63, 3.8) is 0 Å². The predicted molar refractivity (Wildman–Crippen MR) is 92.5 cm³/mol. The summed E-state index contributed by atoms with van der Waals surface area (Å²) in [5.41, 5.74) is 5.13. The Morgan fingerprint density at radius 2 is 1.58 bits per heavy atom. The van der Waals surface area contributed by atoms with Gasteiger partial charge in [-0.1, -0.05) is 17.2 Å². The third kappa shape index (κ3) is 3.32. The molecule has 0 spiro atoms. The van der Waals surface area contributed by atoms with Gasteiger partial charge in [0.15, 0.2) is 0 Å². The van der Waals surface area contributed by atoms with E-state index in [0.29, 0.717) is 17.2 Å². The van der Waals surface area contributed by atoms with E-state index in [2.05, 4.69) is 20.4 Å². The third-order valence-corrected chi connectivity index (χ3v) is 3.58.